The number of rotatable bonds is 4. The van der Waals surface area contributed by atoms with Gasteiger partial charge in [0.25, 0.3) is 5.91 Å². The van der Waals surface area contributed by atoms with Crippen molar-refractivity contribution in [1.29, 1.82) is 0 Å². The fourth-order valence-electron chi connectivity index (χ4n) is 2.58. The van der Waals surface area contributed by atoms with Crippen LogP contribution in [0.2, 0.25) is 0 Å². The largest absolute Gasteiger partial charge is 0.448 e. The molecular formula is C15H17BrN4O2. The van der Waals surface area contributed by atoms with Gasteiger partial charge in [-0.2, -0.15) is 5.10 Å². The SMILES string of the molecule is CCn1nccc1CN(C)C(=O)c1cc2oc(Br)cc2n1C. The van der Waals surface area contributed by atoms with Crippen molar-refractivity contribution in [3.05, 3.63) is 40.5 Å². The molecule has 0 atom stereocenters. The highest BCUT2D eigenvalue weighted by Crippen LogP contribution is 2.26. The molecule has 0 aliphatic carbocycles. The Bertz CT molecular complexity index is 830. The number of fused-ring (bicyclic) bond motifs is 1. The van der Waals surface area contributed by atoms with Crippen molar-refractivity contribution in [2.45, 2.75) is 20.0 Å². The molecule has 0 aromatic carbocycles. The molecule has 0 radical (unpaired) electrons. The summed E-state index contributed by atoms with van der Waals surface area (Å²) < 4.78 is 9.91. The van der Waals surface area contributed by atoms with Crippen LogP contribution < -0.4 is 0 Å². The number of amides is 1. The van der Waals surface area contributed by atoms with E-state index < -0.39 is 0 Å². The van der Waals surface area contributed by atoms with Crippen molar-refractivity contribution in [2.75, 3.05) is 7.05 Å². The Morgan fingerprint density at radius 1 is 1.45 bits per heavy atom. The molecule has 6 nitrogen and oxygen atoms in total. The Kier molecular flexibility index (Phi) is 3.82. The third-order valence-electron chi connectivity index (χ3n) is 3.77. The van der Waals surface area contributed by atoms with Crippen LogP contribution in [-0.2, 0) is 20.1 Å². The molecule has 3 heterocycles. The van der Waals surface area contributed by atoms with Crippen LogP contribution in [0.3, 0.4) is 0 Å². The van der Waals surface area contributed by atoms with Gasteiger partial charge in [-0.3, -0.25) is 9.48 Å². The lowest BCUT2D eigenvalue weighted by molar-refractivity contribution is 0.0772. The van der Waals surface area contributed by atoms with Gasteiger partial charge in [-0.1, -0.05) is 0 Å². The highest BCUT2D eigenvalue weighted by molar-refractivity contribution is 9.10. The zero-order chi connectivity index (χ0) is 15.9. The zero-order valence-corrected chi connectivity index (χ0v) is 14.3. The second-order valence-electron chi connectivity index (χ2n) is 5.19. The van der Waals surface area contributed by atoms with Gasteiger partial charge in [0.15, 0.2) is 10.3 Å². The van der Waals surface area contributed by atoms with Gasteiger partial charge in [-0.05, 0) is 28.9 Å². The second-order valence-corrected chi connectivity index (χ2v) is 5.97. The summed E-state index contributed by atoms with van der Waals surface area (Å²) in [4.78, 5) is 14.4. The molecule has 116 valence electrons. The van der Waals surface area contributed by atoms with Gasteiger partial charge >= 0.3 is 0 Å². The van der Waals surface area contributed by atoms with E-state index in [1.807, 2.05) is 35.4 Å². The summed E-state index contributed by atoms with van der Waals surface area (Å²) >= 11 is 3.30. The van der Waals surface area contributed by atoms with Crippen LogP contribution in [0.4, 0.5) is 0 Å². The normalized spacial score (nSPS) is 11.3. The van der Waals surface area contributed by atoms with Gasteiger partial charge in [0.1, 0.15) is 5.69 Å². The molecule has 0 N–H and O–H groups in total. The number of carbonyl (C=O) groups excluding carboxylic acids is 1. The Morgan fingerprint density at radius 3 is 2.91 bits per heavy atom. The summed E-state index contributed by atoms with van der Waals surface area (Å²) in [5.74, 6) is -0.0473. The number of aromatic nitrogens is 3. The Hall–Kier alpha value is -2.02. The highest BCUT2D eigenvalue weighted by atomic mass is 79.9. The first-order chi connectivity index (χ1) is 10.5. The van der Waals surface area contributed by atoms with Gasteiger partial charge in [0.05, 0.1) is 17.8 Å². The van der Waals surface area contributed by atoms with Crippen LogP contribution in [0.15, 0.2) is 33.5 Å². The first-order valence-corrected chi connectivity index (χ1v) is 7.81. The minimum atomic E-state index is -0.0473. The Morgan fingerprint density at radius 2 is 2.23 bits per heavy atom. The maximum absolute atomic E-state index is 12.7. The topological polar surface area (TPSA) is 56.2 Å². The minimum Gasteiger partial charge on any atom is -0.448 e. The number of hydrogen-bond donors (Lipinski definition) is 0. The number of aryl methyl sites for hydroxylation is 2. The smallest absolute Gasteiger partial charge is 0.270 e. The molecule has 0 unspecified atom stereocenters. The fourth-order valence-corrected chi connectivity index (χ4v) is 2.97. The van der Waals surface area contributed by atoms with E-state index in [9.17, 15) is 4.79 Å². The van der Waals surface area contributed by atoms with E-state index in [0.29, 0.717) is 22.5 Å². The lowest BCUT2D eigenvalue weighted by atomic mass is 10.3. The van der Waals surface area contributed by atoms with Crippen LogP contribution in [0.25, 0.3) is 11.1 Å². The predicted molar refractivity (Wildman–Crippen MR) is 86.6 cm³/mol. The first kappa shape index (κ1) is 14.9. The van der Waals surface area contributed by atoms with Crippen molar-refractivity contribution in [1.82, 2.24) is 19.2 Å². The molecule has 0 aliphatic rings. The Balaban J connectivity index is 1.85. The molecule has 0 spiro atoms. The number of nitrogens with zero attached hydrogens (tertiary/aromatic N) is 4. The van der Waals surface area contributed by atoms with Crippen LogP contribution in [0, 0.1) is 0 Å². The third-order valence-corrected chi connectivity index (χ3v) is 4.16. The molecule has 0 bridgehead atoms. The maximum Gasteiger partial charge on any atom is 0.270 e. The molecule has 3 aromatic rings. The van der Waals surface area contributed by atoms with E-state index in [1.165, 1.54) is 0 Å². The van der Waals surface area contributed by atoms with Crippen LogP contribution in [0.5, 0.6) is 0 Å². The molecule has 0 aliphatic heterocycles. The monoisotopic (exact) mass is 364 g/mol. The molecule has 0 saturated heterocycles. The molecule has 0 saturated carbocycles. The summed E-state index contributed by atoms with van der Waals surface area (Å²) in [7, 11) is 3.65. The van der Waals surface area contributed by atoms with Crippen LogP contribution >= 0.6 is 15.9 Å². The summed E-state index contributed by atoms with van der Waals surface area (Å²) in [6, 6.07) is 5.57. The molecule has 7 heteroatoms. The number of hydrogen-bond acceptors (Lipinski definition) is 3. The quantitative estimate of drug-likeness (QED) is 0.714. The summed E-state index contributed by atoms with van der Waals surface area (Å²) in [6.07, 6.45) is 1.75. The molecule has 22 heavy (non-hydrogen) atoms. The van der Waals surface area contributed by atoms with Gasteiger partial charge < -0.3 is 13.9 Å². The number of halogens is 1. The number of furan rings is 1. The maximum atomic E-state index is 12.7. The Labute approximate surface area is 136 Å². The van der Waals surface area contributed by atoms with E-state index in [0.717, 1.165) is 17.8 Å². The van der Waals surface area contributed by atoms with Gasteiger partial charge in [-0.25, -0.2) is 0 Å². The first-order valence-electron chi connectivity index (χ1n) is 7.02. The zero-order valence-electron chi connectivity index (χ0n) is 12.7. The molecule has 3 aromatic heterocycles. The summed E-state index contributed by atoms with van der Waals surface area (Å²) in [6.45, 7) is 3.33. The average molecular weight is 365 g/mol. The van der Waals surface area contributed by atoms with Gasteiger partial charge in [0, 0.05) is 39.0 Å². The average Bonchev–Trinajstić information content (AvgIpc) is 3.15. The molecule has 0 fully saturated rings. The van der Waals surface area contributed by atoms with Crippen molar-refractivity contribution in [3.8, 4) is 0 Å². The summed E-state index contributed by atoms with van der Waals surface area (Å²) in [5, 5.41) is 4.23. The van der Waals surface area contributed by atoms with Crippen LogP contribution in [0.1, 0.15) is 23.1 Å². The molecular weight excluding hydrogens is 348 g/mol. The second kappa shape index (κ2) is 5.64. The van der Waals surface area contributed by atoms with Crippen molar-refractivity contribution >= 4 is 32.9 Å². The molecule has 3 rings (SSSR count). The highest BCUT2D eigenvalue weighted by Gasteiger charge is 2.20. The fraction of sp³-hybridized carbons (Fsp3) is 0.333. The van der Waals surface area contributed by atoms with E-state index in [4.69, 9.17) is 4.42 Å². The number of carbonyl (C=O) groups is 1. The minimum absolute atomic E-state index is 0.0473. The lowest BCUT2D eigenvalue weighted by Gasteiger charge is -2.18. The van der Waals surface area contributed by atoms with Crippen LogP contribution in [-0.4, -0.2) is 32.2 Å². The van der Waals surface area contributed by atoms with Gasteiger partial charge in [0.2, 0.25) is 0 Å². The van der Waals surface area contributed by atoms with E-state index >= 15 is 0 Å². The molecule has 1 amide bonds. The van der Waals surface area contributed by atoms with Crippen molar-refractivity contribution in [2.24, 2.45) is 7.05 Å². The van der Waals surface area contributed by atoms with E-state index in [1.54, 1.807) is 24.2 Å². The third kappa shape index (κ3) is 2.45. The van der Waals surface area contributed by atoms with Crippen molar-refractivity contribution in [3.63, 3.8) is 0 Å². The van der Waals surface area contributed by atoms with E-state index in [-0.39, 0.29) is 5.91 Å². The van der Waals surface area contributed by atoms with Crippen molar-refractivity contribution < 1.29 is 9.21 Å². The lowest BCUT2D eigenvalue weighted by Crippen LogP contribution is -2.28. The van der Waals surface area contributed by atoms with Gasteiger partial charge in [-0.15, -0.1) is 0 Å². The standard InChI is InChI=1S/C15H17BrN4O2/c1-4-20-10(5-6-17-20)9-18(2)15(21)12-7-13-11(19(12)3)8-14(16)22-13/h5-8H,4,9H2,1-3H3. The summed E-state index contributed by atoms with van der Waals surface area (Å²) in [5.41, 5.74) is 3.21. The predicted octanol–water partition coefficient (Wildman–Crippen LogP) is 3.02. The van der Waals surface area contributed by atoms with E-state index in [2.05, 4.69) is 21.0 Å².